The Morgan fingerprint density at radius 2 is 1.84 bits per heavy atom. The van der Waals surface area contributed by atoms with Crippen LogP contribution < -0.4 is 0 Å². The Hall–Kier alpha value is -1.87. The van der Waals surface area contributed by atoms with Gasteiger partial charge in [-0.25, -0.2) is 0 Å². The molecule has 19 heavy (non-hydrogen) atoms. The van der Waals surface area contributed by atoms with Gasteiger partial charge in [0.05, 0.1) is 0 Å². The van der Waals surface area contributed by atoms with E-state index in [0.29, 0.717) is 12.2 Å². The Morgan fingerprint density at radius 3 is 2.37 bits per heavy atom. The van der Waals surface area contributed by atoms with E-state index in [9.17, 15) is 9.59 Å². The van der Waals surface area contributed by atoms with Crippen molar-refractivity contribution in [1.82, 2.24) is 4.57 Å². The summed E-state index contributed by atoms with van der Waals surface area (Å²) >= 11 is 5.36. The largest absolute Gasteiger partial charge is 0.342 e. The van der Waals surface area contributed by atoms with Crippen molar-refractivity contribution in [1.29, 1.82) is 0 Å². The van der Waals surface area contributed by atoms with Crippen molar-refractivity contribution in [2.24, 2.45) is 0 Å². The minimum atomic E-state index is -0.954. The van der Waals surface area contributed by atoms with Crippen LogP contribution in [0.3, 0.4) is 0 Å². The van der Waals surface area contributed by atoms with Crippen LogP contribution in [0.15, 0.2) is 36.4 Å². The van der Waals surface area contributed by atoms with Crippen LogP contribution in [-0.4, -0.2) is 15.6 Å². The molecule has 1 aromatic heterocycles. The van der Waals surface area contributed by atoms with E-state index in [4.69, 9.17) is 11.6 Å². The standard InChI is InChI=1S/C15H14ClNO2/c1-3-17-10(2)9-12(11-7-5-4-6-8-11)13(17)14(18)15(16)19/h4-9H,3H2,1-2H3. The average Bonchev–Trinajstić information content (AvgIpc) is 2.75. The first-order valence-corrected chi connectivity index (χ1v) is 6.43. The predicted molar refractivity (Wildman–Crippen MR) is 75.5 cm³/mol. The Kier molecular flexibility index (Phi) is 3.86. The highest BCUT2D eigenvalue weighted by Gasteiger charge is 2.24. The third-order valence-corrected chi connectivity index (χ3v) is 3.27. The van der Waals surface area contributed by atoms with E-state index in [2.05, 4.69) is 0 Å². The van der Waals surface area contributed by atoms with Crippen molar-refractivity contribution >= 4 is 22.6 Å². The Morgan fingerprint density at radius 1 is 1.21 bits per heavy atom. The van der Waals surface area contributed by atoms with E-state index >= 15 is 0 Å². The first-order valence-electron chi connectivity index (χ1n) is 6.06. The summed E-state index contributed by atoms with van der Waals surface area (Å²) in [7, 11) is 0. The molecule has 0 bridgehead atoms. The molecule has 0 spiro atoms. The molecule has 0 saturated carbocycles. The summed E-state index contributed by atoms with van der Waals surface area (Å²) in [6.45, 7) is 4.45. The first kappa shape index (κ1) is 13.6. The lowest BCUT2D eigenvalue weighted by atomic mass is 10.0. The van der Waals surface area contributed by atoms with E-state index in [-0.39, 0.29) is 0 Å². The van der Waals surface area contributed by atoms with Crippen LogP contribution in [-0.2, 0) is 11.3 Å². The van der Waals surface area contributed by atoms with E-state index < -0.39 is 11.0 Å². The highest BCUT2D eigenvalue weighted by Crippen LogP contribution is 2.28. The zero-order valence-electron chi connectivity index (χ0n) is 10.8. The molecule has 0 saturated heterocycles. The minimum Gasteiger partial charge on any atom is -0.342 e. The third kappa shape index (κ3) is 2.47. The lowest BCUT2D eigenvalue weighted by Gasteiger charge is -2.08. The maximum absolute atomic E-state index is 12.0. The monoisotopic (exact) mass is 275 g/mol. The molecule has 4 heteroatoms. The molecule has 1 aromatic carbocycles. The molecule has 0 N–H and O–H groups in total. The number of carbonyl (C=O) groups excluding carboxylic acids is 2. The maximum atomic E-state index is 12.0. The molecule has 0 aliphatic carbocycles. The lowest BCUT2D eigenvalue weighted by Crippen LogP contribution is -2.15. The van der Waals surface area contributed by atoms with Crippen LogP contribution in [0.2, 0.25) is 0 Å². The number of rotatable bonds is 4. The van der Waals surface area contributed by atoms with Gasteiger partial charge in [0.1, 0.15) is 5.69 Å². The van der Waals surface area contributed by atoms with Crippen molar-refractivity contribution in [3.8, 4) is 11.1 Å². The Bertz CT molecular complexity index is 629. The molecule has 98 valence electrons. The summed E-state index contributed by atoms with van der Waals surface area (Å²) in [5.41, 5.74) is 2.95. The van der Waals surface area contributed by atoms with Gasteiger partial charge in [-0.05, 0) is 37.1 Å². The quantitative estimate of drug-likeness (QED) is 0.487. The van der Waals surface area contributed by atoms with E-state index in [1.807, 2.05) is 54.8 Å². The number of ketones is 1. The van der Waals surface area contributed by atoms with Crippen LogP contribution in [0.4, 0.5) is 0 Å². The van der Waals surface area contributed by atoms with Crippen LogP contribution >= 0.6 is 11.6 Å². The number of benzene rings is 1. The molecule has 2 aromatic rings. The Balaban J connectivity index is 2.68. The van der Waals surface area contributed by atoms with Crippen LogP contribution in [0.25, 0.3) is 11.1 Å². The third-order valence-electron chi connectivity index (χ3n) is 3.10. The van der Waals surface area contributed by atoms with Crippen molar-refractivity contribution in [3.63, 3.8) is 0 Å². The highest BCUT2D eigenvalue weighted by molar-refractivity contribution is 6.83. The molecule has 0 aliphatic heterocycles. The second kappa shape index (κ2) is 5.41. The van der Waals surface area contributed by atoms with Gasteiger partial charge in [0, 0.05) is 17.8 Å². The number of carbonyl (C=O) groups is 2. The summed E-state index contributed by atoms with van der Waals surface area (Å²) < 4.78 is 1.81. The highest BCUT2D eigenvalue weighted by atomic mass is 35.5. The molecular weight excluding hydrogens is 262 g/mol. The first-order chi connectivity index (χ1) is 9.06. The second-order valence-corrected chi connectivity index (χ2v) is 4.60. The van der Waals surface area contributed by atoms with Gasteiger partial charge >= 0.3 is 0 Å². The summed E-state index contributed by atoms with van der Waals surface area (Å²) in [4.78, 5) is 23.2. The number of hydrogen-bond acceptors (Lipinski definition) is 2. The van der Waals surface area contributed by atoms with Crippen molar-refractivity contribution in [2.75, 3.05) is 0 Å². The van der Waals surface area contributed by atoms with Crippen molar-refractivity contribution in [2.45, 2.75) is 20.4 Å². The summed E-state index contributed by atoms with van der Waals surface area (Å²) in [5.74, 6) is -0.657. The topological polar surface area (TPSA) is 39.1 Å². The predicted octanol–water partition coefficient (Wildman–Crippen LogP) is 3.43. The molecule has 0 amide bonds. The van der Waals surface area contributed by atoms with Crippen molar-refractivity contribution < 1.29 is 9.59 Å². The van der Waals surface area contributed by atoms with Gasteiger partial charge in [-0.15, -0.1) is 0 Å². The minimum absolute atomic E-state index is 0.367. The fourth-order valence-electron chi connectivity index (χ4n) is 2.26. The molecule has 3 nitrogen and oxygen atoms in total. The number of nitrogens with zero attached hydrogens (tertiary/aromatic N) is 1. The lowest BCUT2D eigenvalue weighted by molar-refractivity contribution is -0.108. The second-order valence-electron chi connectivity index (χ2n) is 4.26. The van der Waals surface area contributed by atoms with E-state index in [0.717, 1.165) is 16.8 Å². The summed E-state index contributed by atoms with van der Waals surface area (Å²) in [6.07, 6.45) is 0. The molecule has 0 fully saturated rings. The summed E-state index contributed by atoms with van der Waals surface area (Å²) in [6, 6.07) is 11.4. The van der Waals surface area contributed by atoms with E-state index in [1.54, 1.807) is 0 Å². The molecule has 1 heterocycles. The zero-order valence-corrected chi connectivity index (χ0v) is 11.6. The van der Waals surface area contributed by atoms with Crippen LogP contribution in [0.5, 0.6) is 0 Å². The molecule has 2 rings (SSSR count). The fraction of sp³-hybridized carbons (Fsp3) is 0.200. The Labute approximate surface area is 116 Å². The van der Waals surface area contributed by atoms with Crippen LogP contribution in [0.1, 0.15) is 23.1 Å². The number of aromatic nitrogens is 1. The van der Waals surface area contributed by atoms with E-state index in [1.165, 1.54) is 0 Å². The van der Waals surface area contributed by atoms with Crippen molar-refractivity contribution in [3.05, 3.63) is 47.8 Å². The van der Waals surface area contributed by atoms with Gasteiger partial charge in [-0.1, -0.05) is 30.3 Å². The van der Waals surface area contributed by atoms with Gasteiger partial charge in [0.2, 0.25) is 0 Å². The summed E-state index contributed by atoms with van der Waals surface area (Å²) in [5, 5.41) is -0.954. The van der Waals surface area contributed by atoms with Crippen LogP contribution in [0, 0.1) is 6.92 Å². The maximum Gasteiger partial charge on any atom is 0.294 e. The molecule has 0 radical (unpaired) electrons. The normalized spacial score (nSPS) is 10.5. The number of halogens is 1. The van der Waals surface area contributed by atoms with Gasteiger partial charge in [-0.2, -0.15) is 0 Å². The smallest absolute Gasteiger partial charge is 0.294 e. The SMILES string of the molecule is CCn1c(C)cc(-c2ccccc2)c1C(=O)C(=O)Cl. The zero-order chi connectivity index (χ0) is 14.0. The molecule has 0 atom stereocenters. The molecular formula is C15H14ClNO2. The average molecular weight is 276 g/mol. The molecule has 0 aliphatic rings. The van der Waals surface area contributed by atoms with Gasteiger partial charge in [0.25, 0.3) is 11.0 Å². The fourth-order valence-corrected chi connectivity index (χ4v) is 2.35. The van der Waals surface area contributed by atoms with Gasteiger partial charge in [0.15, 0.2) is 0 Å². The number of aryl methyl sites for hydroxylation is 1. The van der Waals surface area contributed by atoms with Gasteiger partial charge < -0.3 is 4.57 Å². The number of Topliss-reactive ketones (excluding diaryl/α,β-unsaturated/α-hetero) is 1. The number of hydrogen-bond donors (Lipinski definition) is 0. The van der Waals surface area contributed by atoms with Gasteiger partial charge in [-0.3, -0.25) is 9.59 Å². The molecule has 0 unspecified atom stereocenters.